The summed E-state index contributed by atoms with van der Waals surface area (Å²) in [5.74, 6) is 0.851. The van der Waals surface area contributed by atoms with E-state index in [1.54, 1.807) is 41.4 Å². The molecule has 8 nitrogen and oxygen atoms in total. The van der Waals surface area contributed by atoms with Gasteiger partial charge < -0.3 is 14.2 Å². The number of esters is 1. The summed E-state index contributed by atoms with van der Waals surface area (Å²) in [7, 11) is 0. The standard InChI is InChI=1S/C28H24N4O4/c1-3-34-24-13-12-19(16-25(24)35-4-2)27-30-23(28(33)36-27)15-21-18-32(22-10-6-5-7-11-22)31-26(21)20-9-8-14-29-17-20/h5-18H,3-4H2,1-2H3. The van der Waals surface area contributed by atoms with Gasteiger partial charge in [0.2, 0.25) is 5.90 Å². The van der Waals surface area contributed by atoms with Gasteiger partial charge in [-0.2, -0.15) is 5.10 Å². The first kappa shape index (κ1) is 23.0. The maximum absolute atomic E-state index is 12.8. The molecule has 0 N–H and O–H groups in total. The summed E-state index contributed by atoms with van der Waals surface area (Å²) in [5.41, 5.74) is 3.90. The molecule has 4 aromatic rings. The molecule has 0 amide bonds. The minimum atomic E-state index is -0.540. The lowest BCUT2D eigenvalue weighted by molar-refractivity contribution is -0.129. The van der Waals surface area contributed by atoms with Crippen molar-refractivity contribution < 1.29 is 19.0 Å². The lowest BCUT2D eigenvalue weighted by atomic mass is 10.1. The van der Waals surface area contributed by atoms with Crippen LogP contribution in [0.15, 0.2) is 89.9 Å². The van der Waals surface area contributed by atoms with Crippen LogP contribution in [-0.2, 0) is 9.53 Å². The molecule has 1 aliphatic rings. The number of ether oxygens (including phenoxy) is 3. The predicted octanol–water partition coefficient (Wildman–Crippen LogP) is 5.08. The van der Waals surface area contributed by atoms with Gasteiger partial charge in [0.15, 0.2) is 17.2 Å². The average Bonchev–Trinajstić information content (AvgIpc) is 3.50. The molecule has 180 valence electrons. The minimum absolute atomic E-state index is 0.176. The van der Waals surface area contributed by atoms with Crippen LogP contribution in [0.5, 0.6) is 11.5 Å². The minimum Gasteiger partial charge on any atom is -0.490 e. The Bertz CT molecular complexity index is 1440. The fourth-order valence-electron chi connectivity index (χ4n) is 3.80. The zero-order valence-electron chi connectivity index (χ0n) is 19.9. The van der Waals surface area contributed by atoms with Gasteiger partial charge in [0.05, 0.1) is 18.9 Å². The molecule has 5 rings (SSSR count). The second-order valence-corrected chi connectivity index (χ2v) is 7.82. The van der Waals surface area contributed by atoms with Gasteiger partial charge in [0.1, 0.15) is 5.69 Å². The second-order valence-electron chi connectivity index (χ2n) is 7.82. The van der Waals surface area contributed by atoms with Crippen molar-refractivity contribution in [1.29, 1.82) is 0 Å². The number of cyclic esters (lactones) is 1. The maximum Gasteiger partial charge on any atom is 0.363 e. The largest absolute Gasteiger partial charge is 0.490 e. The van der Waals surface area contributed by atoms with Crippen LogP contribution in [0.2, 0.25) is 0 Å². The number of aliphatic imine (C=N–C) groups is 1. The summed E-state index contributed by atoms with van der Waals surface area (Å²) in [4.78, 5) is 21.5. The van der Waals surface area contributed by atoms with E-state index in [1.165, 1.54) is 0 Å². The monoisotopic (exact) mass is 480 g/mol. The summed E-state index contributed by atoms with van der Waals surface area (Å²) >= 11 is 0. The van der Waals surface area contributed by atoms with E-state index in [2.05, 4.69) is 9.98 Å². The molecule has 0 saturated heterocycles. The van der Waals surface area contributed by atoms with Crippen molar-refractivity contribution in [3.63, 3.8) is 0 Å². The smallest absolute Gasteiger partial charge is 0.363 e. The van der Waals surface area contributed by atoms with Gasteiger partial charge in [-0.15, -0.1) is 0 Å². The first-order valence-corrected chi connectivity index (χ1v) is 11.6. The summed E-state index contributed by atoms with van der Waals surface area (Å²) in [5, 5.41) is 4.76. The Hall–Kier alpha value is -4.72. The molecule has 3 heterocycles. The van der Waals surface area contributed by atoms with E-state index in [0.29, 0.717) is 41.5 Å². The number of pyridine rings is 1. The van der Waals surface area contributed by atoms with Gasteiger partial charge in [0.25, 0.3) is 0 Å². The van der Waals surface area contributed by atoms with Gasteiger partial charge in [-0.3, -0.25) is 4.98 Å². The van der Waals surface area contributed by atoms with Crippen LogP contribution in [0.3, 0.4) is 0 Å². The van der Waals surface area contributed by atoms with Crippen LogP contribution in [0, 0.1) is 0 Å². The van der Waals surface area contributed by atoms with Crippen molar-refractivity contribution in [3.8, 4) is 28.4 Å². The molecule has 36 heavy (non-hydrogen) atoms. The number of para-hydroxylation sites is 1. The Balaban J connectivity index is 1.54. The highest BCUT2D eigenvalue weighted by Gasteiger charge is 2.26. The van der Waals surface area contributed by atoms with Crippen molar-refractivity contribution in [2.75, 3.05) is 13.2 Å². The third-order valence-corrected chi connectivity index (χ3v) is 5.40. The molecule has 2 aromatic heterocycles. The number of rotatable bonds is 8. The van der Waals surface area contributed by atoms with E-state index >= 15 is 0 Å². The molecule has 1 aliphatic heterocycles. The Morgan fingerprint density at radius 1 is 0.944 bits per heavy atom. The number of benzene rings is 2. The normalized spacial score (nSPS) is 14.0. The van der Waals surface area contributed by atoms with Gasteiger partial charge >= 0.3 is 5.97 Å². The van der Waals surface area contributed by atoms with Crippen LogP contribution < -0.4 is 9.47 Å². The molecule has 2 aromatic carbocycles. The van der Waals surface area contributed by atoms with Crippen LogP contribution >= 0.6 is 0 Å². The van der Waals surface area contributed by atoms with Gasteiger partial charge in [0, 0.05) is 35.3 Å². The molecule has 0 spiro atoms. The zero-order chi connectivity index (χ0) is 24.9. The SMILES string of the molecule is CCOc1ccc(C2=NC(=Cc3cn(-c4ccccc4)nc3-c3cccnc3)C(=O)O2)cc1OCC. The first-order valence-electron chi connectivity index (χ1n) is 11.6. The Labute approximate surface area is 208 Å². The van der Waals surface area contributed by atoms with Crippen molar-refractivity contribution in [3.05, 3.63) is 96.1 Å². The molecular formula is C28H24N4O4. The molecule has 0 unspecified atom stereocenters. The summed E-state index contributed by atoms with van der Waals surface area (Å²) in [6.45, 7) is 4.79. The van der Waals surface area contributed by atoms with E-state index < -0.39 is 5.97 Å². The second kappa shape index (κ2) is 10.3. The first-order chi connectivity index (χ1) is 17.7. The van der Waals surface area contributed by atoms with Crippen molar-refractivity contribution in [2.24, 2.45) is 4.99 Å². The summed E-state index contributed by atoms with van der Waals surface area (Å²) in [6, 6.07) is 18.8. The van der Waals surface area contributed by atoms with Crippen LogP contribution in [-0.4, -0.2) is 39.8 Å². The van der Waals surface area contributed by atoms with Crippen LogP contribution in [0.25, 0.3) is 23.0 Å². The third-order valence-electron chi connectivity index (χ3n) is 5.40. The van der Waals surface area contributed by atoms with Gasteiger partial charge in [-0.1, -0.05) is 18.2 Å². The lowest BCUT2D eigenvalue weighted by Gasteiger charge is -2.11. The Kier molecular flexibility index (Phi) is 6.57. The zero-order valence-corrected chi connectivity index (χ0v) is 19.9. The highest BCUT2D eigenvalue weighted by Crippen LogP contribution is 2.31. The fourth-order valence-corrected chi connectivity index (χ4v) is 3.80. The van der Waals surface area contributed by atoms with E-state index in [0.717, 1.165) is 11.3 Å². The number of hydrogen-bond donors (Lipinski definition) is 0. The number of carbonyl (C=O) groups excluding carboxylic acids is 1. The molecule has 8 heteroatoms. The average molecular weight is 481 g/mol. The van der Waals surface area contributed by atoms with Crippen molar-refractivity contribution in [2.45, 2.75) is 13.8 Å². The summed E-state index contributed by atoms with van der Waals surface area (Å²) < 4.78 is 18.6. The highest BCUT2D eigenvalue weighted by molar-refractivity contribution is 6.13. The summed E-state index contributed by atoms with van der Waals surface area (Å²) in [6.07, 6.45) is 6.97. The Morgan fingerprint density at radius 2 is 1.75 bits per heavy atom. The number of nitrogens with zero attached hydrogens (tertiary/aromatic N) is 4. The van der Waals surface area contributed by atoms with Crippen molar-refractivity contribution in [1.82, 2.24) is 14.8 Å². The molecule has 0 bridgehead atoms. The lowest BCUT2D eigenvalue weighted by Crippen LogP contribution is -2.06. The van der Waals surface area contributed by atoms with E-state index in [1.807, 2.05) is 62.5 Å². The van der Waals surface area contributed by atoms with Crippen LogP contribution in [0.1, 0.15) is 25.0 Å². The molecule has 0 radical (unpaired) electrons. The topological polar surface area (TPSA) is 87.8 Å². The number of aromatic nitrogens is 3. The highest BCUT2D eigenvalue weighted by atomic mass is 16.6. The third kappa shape index (κ3) is 4.74. The molecule has 0 aliphatic carbocycles. The van der Waals surface area contributed by atoms with Crippen molar-refractivity contribution >= 4 is 17.9 Å². The van der Waals surface area contributed by atoms with E-state index in [9.17, 15) is 4.79 Å². The molecular weight excluding hydrogens is 456 g/mol. The molecule has 0 fully saturated rings. The molecule has 0 saturated carbocycles. The van der Waals surface area contributed by atoms with Gasteiger partial charge in [-0.25, -0.2) is 14.5 Å². The maximum atomic E-state index is 12.8. The van der Waals surface area contributed by atoms with E-state index in [4.69, 9.17) is 19.3 Å². The molecule has 0 atom stereocenters. The number of hydrogen-bond acceptors (Lipinski definition) is 7. The predicted molar refractivity (Wildman–Crippen MR) is 136 cm³/mol. The quantitative estimate of drug-likeness (QED) is 0.258. The van der Waals surface area contributed by atoms with E-state index in [-0.39, 0.29) is 11.6 Å². The fraction of sp³-hybridized carbons (Fsp3) is 0.143. The number of carbonyl (C=O) groups is 1. The Morgan fingerprint density at radius 3 is 2.50 bits per heavy atom. The van der Waals surface area contributed by atoms with Gasteiger partial charge in [-0.05, 0) is 62.4 Å². The van der Waals surface area contributed by atoms with Crippen LogP contribution in [0.4, 0.5) is 0 Å².